The number of nitrogen functional groups attached to an aromatic ring is 2. The molecule has 4 aromatic heterocycles. The van der Waals surface area contributed by atoms with Gasteiger partial charge in [-0.25, -0.2) is 29.3 Å². The fourth-order valence-corrected chi connectivity index (χ4v) is 16.5. The van der Waals surface area contributed by atoms with Crippen molar-refractivity contribution < 1.29 is 28.7 Å². The summed E-state index contributed by atoms with van der Waals surface area (Å²) in [4.78, 5) is 73.8. The molecule has 94 heavy (non-hydrogen) atoms. The molecule has 5 saturated carbocycles. The maximum Gasteiger partial charge on any atom is 0.222 e. The zero-order chi connectivity index (χ0) is 65.0. The van der Waals surface area contributed by atoms with Crippen LogP contribution in [0.1, 0.15) is 130 Å². The Morgan fingerprint density at radius 2 is 1.05 bits per heavy atom. The van der Waals surface area contributed by atoms with Crippen molar-refractivity contribution in [2.24, 2.45) is 29.1 Å². The van der Waals surface area contributed by atoms with Crippen LogP contribution in [0.2, 0.25) is 0 Å². The molecular weight excluding hydrogens is 1180 g/mol. The number of para-hydroxylation sites is 2. The molecule has 0 radical (unpaired) electrons. The van der Waals surface area contributed by atoms with E-state index in [4.69, 9.17) is 31.1 Å². The van der Waals surface area contributed by atoms with Crippen molar-refractivity contribution in [3.63, 3.8) is 0 Å². The standard InChI is InChI=1S/C41H52N8O3.C31H36N8O3/c1-26(10-13-41-22-28-18-29(23-41)20-30(19-28)24-41)40(51)43-14-17-48-15-11-32(12-16-48)49-39-36(38(42)44-25-45-39)37(47-49)31-8-9-35(34(21-31)46-27(2)50)52-33-6-4-3-5-7-33;1-20(40)35-26-18-22(8-13-27(26)42-25-6-4-3-5-7-25)29-28-30(32)33-19-34-31(28)39(36-29)24-11-9-23(10-12-24)38-16-14-37(15-17-38)21(2)41/h3-9,21,25-26,28-30,32H,10-20,22-24H2,1-2H3,(H,43,51)(H,46,50)(H2,42,44,45);3-8,13,18-19,23-24H,9-12,14-17H2,1-2H3,(H,35,40)(H2,32,33,34)/t26-,28?,29?,30?,41?;/m1./s1. The zero-order valence-electron chi connectivity index (χ0n) is 54.5. The third-order valence-electron chi connectivity index (χ3n) is 20.7. The topological polar surface area (TPSA) is 272 Å². The number of piperidine rings is 1. The highest BCUT2D eigenvalue weighted by molar-refractivity contribution is 6.01. The number of rotatable bonds is 18. The Labute approximate surface area is 548 Å². The minimum Gasteiger partial charge on any atom is -0.455 e. The second kappa shape index (κ2) is 27.9. The van der Waals surface area contributed by atoms with Gasteiger partial charge < -0.3 is 46.7 Å². The number of ether oxygens (including phenoxy) is 2. The second-order valence-corrected chi connectivity index (χ2v) is 27.3. The van der Waals surface area contributed by atoms with Gasteiger partial charge >= 0.3 is 0 Å². The van der Waals surface area contributed by atoms with E-state index in [2.05, 4.69) is 52.6 Å². The number of amides is 4. The minimum absolute atomic E-state index is 0.0670. The maximum absolute atomic E-state index is 13.1. The molecule has 7 aliphatic rings. The van der Waals surface area contributed by atoms with Crippen LogP contribution in [0.3, 0.4) is 0 Å². The van der Waals surface area contributed by atoms with Crippen LogP contribution in [-0.2, 0) is 19.2 Å². The predicted octanol–water partition coefficient (Wildman–Crippen LogP) is 11.7. The van der Waals surface area contributed by atoms with Crippen LogP contribution >= 0.6 is 0 Å². The number of hydrogen-bond donors (Lipinski definition) is 5. The molecule has 2 aliphatic heterocycles. The number of carbonyl (C=O) groups excluding carboxylic acids is 4. The fourth-order valence-electron chi connectivity index (χ4n) is 16.5. The van der Waals surface area contributed by atoms with Crippen molar-refractivity contribution in [1.82, 2.24) is 59.5 Å². The molecule has 4 amide bonds. The van der Waals surface area contributed by atoms with Crippen molar-refractivity contribution in [3.05, 3.63) is 110 Å². The van der Waals surface area contributed by atoms with Gasteiger partial charge in [0, 0.05) is 96.2 Å². The number of nitrogens with one attached hydrogen (secondary N) is 3. The summed E-state index contributed by atoms with van der Waals surface area (Å²) in [6.45, 7) is 13.5. The predicted molar refractivity (Wildman–Crippen MR) is 364 cm³/mol. The molecule has 1 atom stereocenters. The van der Waals surface area contributed by atoms with Gasteiger partial charge in [0.05, 0.1) is 34.2 Å². The van der Waals surface area contributed by atoms with E-state index in [1.807, 2.05) is 111 Å². The van der Waals surface area contributed by atoms with E-state index in [-0.39, 0.29) is 41.6 Å². The van der Waals surface area contributed by atoms with E-state index in [0.717, 1.165) is 120 Å². The Bertz CT molecular complexity index is 3990. The number of piperazine rings is 1. The molecule has 15 rings (SSSR count). The number of likely N-dealkylation sites (tertiary alicyclic amines) is 1. The van der Waals surface area contributed by atoms with E-state index in [1.54, 1.807) is 6.92 Å². The van der Waals surface area contributed by atoms with Crippen LogP contribution in [0, 0.1) is 29.1 Å². The Morgan fingerprint density at radius 3 is 1.52 bits per heavy atom. The van der Waals surface area contributed by atoms with E-state index < -0.39 is 0 Å². The highest BCUT2D eigenvalue weighted by atomic mass is 16.5. The molecule has 0 unspecified atom stereocenters. The summed E-state index contributed by atoms with van der Waals surface area (Å²) in [5.74, 6) is 6.00. The summed E-state index contributed by atoms with van der Waals surface area (Å²) < 4.78 is 16.2. The van der Waals surface area contributed by atoms with Crippen LogP contribution in [-0.4, -0.2) is 136 Å². The highest BCUT2D eigenvalue weighted by Crippen LogP contribution is 2.62. The molecule has 4 aromatic carbocycles. The molecule has 4 bridgehead atoms. The van der Waals surface area contributed by atoms with Gasteiger partial charge in [-0.3, -0.25) is 24.1 Å². The van der Waals surface area contributed by atoms with E-state index >= 15 is 0 Å². The van der Waals surface area contributed by atoms with Crippen molar-refractivity contribution >= 4 is 68.7 Å². The minimum atomic E-state index is -0.207. The zero-order valence-corrected chi connectivity index (χ0v) is 54.5. The first-order chi connectivity index (χ1) is 45.6. The number of aromatic nitrogens is 8. The van der Waals surface area contributed by atoms with Crippen molar-refractivity contribution in [2.45, 2.75) is 136 Å². The Morgan fingerprint density at radius 1 is 0.585 bits per heavy atom. The average Bonchev–Trinajstić information content (AvgIpc) is 1.34. The molecule has 492 valence electrons. The lowest BCUT2D eigenvalue weighted by atomic mass is 9.48. The summed E-state index contributed by atoms with van der Waals surface area (Å²) in [5, 5.41) is 20.6. The lowest BCUT2D eigenvalue weighted by Gasteiger charge is -2.57. The molecule has 8 aromatic rings. The molecule has 2 saturated heterocycles. The monoisotopic (exact) mass is 1270 g/mol. The molecule has 6 heterocycles. The first-order valence-electron chi connectivity index (χ1n) is 33.9. The van der Waals surface area contributed by atoms with Gasteiger partial charge in [0.25, 0.3) is 0 Å². The normalized spacial score (nSPS) is 22.5. The molecule has 22 nitrogen and oxygen atoms in total. The summed E-state index contributed by atoms with van der Waals surface area (Å²) in [7, 11) is 0. The van der Waals surface area contributed by atoms with Crippen LogP contribution in [0.15, 0.2) is 110 Å². The van der Waals surface area contributed by atoms with Gasteiger partial charge in [-0.2, -0.15) is 10.2 Å². The summed E-state index contributed by atoms with van der Waals surface area (Å²) >= 11 is 0. The Kier molecular flexibility index (Phi) is 18.9. The maximum atomic E-state index is 13.1. The number of carbonyl (C=O) groups is 4. The van der Waals surface area contributed by atoms with Crippen LogP contribution in [0.25, 0.3) is 44.6 Å². The van der Waals surface area contributed by atoms with Crippen LogP contribution < -0.4 is 36.9 Å². The van der Waals surface area contributed by atoms with Gasteiger partial charge in [-0.1, -0.05) is 43.3 Å². The summed E-state index contributed by atoms with van der Waals surface area (Å²) in [6.07, 6.45) is 19.7. The fraction of sp³-hybridized carbons (Fsp3) is 0.472. The Balaban J connectivity index is 0.000000175. The number of hydrogen-bond acceptors (Lipinski definition) is 16. The smallest absolute Gasteiger partial charge is 0.222 e. The van der Waals surface area contributed by atoms with E-state index in [0.29, 0.717) is 97.5 Å². The SMILES string of the molecule is CC(=O)Nc1cc(-c2nn(C3CCC(N4CCN(C(C)=O)CC4)CC3)c3ncnc(N)c23)ccc1Oc1ccccc1.CC(=O)Nc1cc(-c2nn(C3CCN(CCNC(=O)[C@H](C)CCC45CC6CC(CC(C6)C4)C5)CC3)c3ncnc(N)c23)ccc1Oc1ccccc1. The van der Waals surface area contributed by atoms with Gasteiger partial charge in [0.2, 0.25) is 23.6 Å². The lowest BCUT2D eigenvalue weighted by Crippen LogP contribution is -2.52. The van der Waals surface area contributed by atoms with Gasteiger partial charge in [-0.15, -0.1) is 0 Å². The first-order valence-corrected chi connectivity index (χ1v) is 33.9. The van der Waals surface area contributed by atoms with Gasteiger partial charge in [0.1, 0.15) is 47.2 Å². The van der Waals surface area contributed by atoms with Crippen molar-refractivity contribution in [3.8, 4) is 45.5 Å². The average molecular weight is 1270 g/mol. The quantitative estimate of drug-likeness (QED) is 0.0534. The molecular formula is C72H88N16O6. The first kappa shape index (κ1) is 63.7. The van der Waals surface area contributed by atoms with Crippen LogP contribution in [0.4, 0.5) is 23.0 Å². The number of benzene rings is 4. The molecule has 5 aliphatic carbocycles. The van der Waals surface area contributed by atoms with Gasteiger partial charge in [0.15, 0.2) is 22.8 Å². The second-order valence-electron chi connectivity index (χ2n) is 27.3. The molecule has 0 spiro atoms. The molecule has 7 N–H and O–H groups in total. The van der Waals surface area contributed by atoms with E-state index in [9.17, 15) is 19.2 Å². The number of fused-ring (bicyclic) bond motifs is 2. The van der Waals surface area contributed by atoms with Crippen LogP contribution in [0.5, 0.6) is 23.0 Å². The number of nitrogens with zero attached hydrogens (tertiary/aromatic N) is 11. The highest BCUT2D eigenvalue weighted by Gasteiger charge is 2.50. The Hall–Kier alpha value is -9.02. The molecule has 7 fully saturated rings. The largest absolute Gasteiger partial charge is 0.455 e. The summed E-state index contributed by atoms with van der Waals surface area (Å²) in [6, 6.07) is 30.9. The molecule has 22 heteroatoms. The number of nitrogens with two attached hydrogens (primary N) is 2. The number of anilines is 4. The third-order valence-corrected chi connectivity index (χ3v) is 20.7. The van der Waals surface area contributed by atoms with E-state index in [1.165, 1.54) is 71.4 Å². The third kappa shape index (κ3) is 14.2. The summed E-state index contributed by atoms with van der Waals surface area (Å²) in [5.41, 5.74) is 18.7. The van der Waals surface area contributed by atoms with Gasteiger partial charge in [-0.05, 0) is 174 Å². The van der Waals surface area contributed by atoms with Crippen molar-refractivity contribution in [1.29, 1.82) is 0 Å². The lowest BCUT2D eigenvalue weighted by molar-refractivity contribution is -0.131. The van der Waals surface area contributed by atoms with Crippen molar-refractivity contribution in [2.75, 3.05) is 74.5 Å².